The van der Waals surface area contributed by atoms with Crippen LogP contribution < -0.4 is 0 Å². The van der Waals surface area contributed by atoms with Crippen LogP contribution in [-0.2, 0) is 9.59 Å². The third-order valence-electron chi connectivity index (χ3n) is 1.89. The van der Waals surface area contributed by atoms with Crippen LogP contribution >= 0.6 is 11.8 Å². The summed E-state index contributed by atoms with van der Waals surface area (Å²) < 4.78 is 0. The quantitative estimate of drug-likeness (QED) is 0.827. The molecule has 90 valence electrons. The Bertz CT molecular complexity index is 429. The lowest BCUT2D eigenvalue weighted by Crippen LogP contribution is -2.22. The molecule has 0 aliphatic carbocycles. The van der Waals surface area contributed by atoms with Gasteiger partial charge in [-0.3, -0.25) is 14.4 Å². The Morgan fingerprint density at radius 2 is 1.71 bits per heavy atom. The SMILES string of the molecule is O=C(O)CC(SC(=O)c1ccccc1)C(=O)O. The highest BCUT2D eigenvalue weighted by molar-refractivity contribution is 8.15. The number of hydrogen-bond donors (Lipinski definition) is 2. The lowest BCUT2D eigenvalue weighted by atomic mass is 10.2. The third kappa shape index (κ3) is 4.28. The predicted molar refractivity (Wildman–Crippen MR) is 62.0 cm³/mol. The van der Waals surface area contributed by atoms with E-state index in [0.29, 0.717) is 17.3 Å². The first-order valence-electron chi connectivity index (χ1n) is 4.71. The molecule has 1 rings (SSSR count). The summed E-state index contributed by atoms with van der Waals surface area (Å²) in [5.41, 5.74) is 0.356. The second-order valence-corrected chi connectivity index (χ2v) is 4.37. The molecular formula is C11H10O5S. The van der Waals surface area contributed by atoms with Gasteiger partial charge in [-0.05, 0) is 0 Å². The van der Waals surface area contributed by atoms with Gasteiger partial charge in [0.2, 0.25) is 5.12 Å². The fourth-order valence-corrected chi connectivity index (χ4v) is 1.97. The molecule has 0 spiro atoms. The largest absolute Gasteiger partial charge is 0.481 e. The molecule has 1 unspecified atom stereocenters. The molecule has 1 aromatic carbocycles. The molecule has 0 heterocycles. The summed E-state index contributed by atoms with van der Waals surface area (Å²) in [7, 11) is 0. The molecular weight excluding hydrogens is 244 g/mol. The van der Waals surface area contributed by atoms with Crippen LogP contribution in [0.25, 0.3) is 0 Å². The van der Waals surface area contributed by atoms with Gasteiger partial charge in [0, 0.05) is 5.56 Å². The molecule has 1 aromatic rings. The van der Waals surface area contributed by atoms with Gasteiger partial charge in [-0.1, -0.05) is 42.1 Å². The minimum Gasteiger partial charge on any atom is -0.481 e. The van der Waals surface area contributed by atoms with E-state index < -0.39 is 28.7 Å². The number of thioether (sulfide) groups is 1. The van der Waals surface area contributed by atoms with Crippen LogP contribution in [0.15, 0.2) is 30.3 Å². The smallest absolute Gasteiger partial charge is 0.317 e. The zero-order valence-electron chi connectivity index (χ0n) is 8.70. The summed E-state index contributed by atoms with van der Waals surface area (Å²) in [6, 6.07) is 8.14. The summed E-state index contributed by atoms with van der Waals surface area (Å²) in [5, 5.41) is 15.6. The van der Waals surface area contributed by atoms with Gasteiger partial charge in [0.25, 0.3) is 0 Å². The van der Waals surface area contributed by atoms with Crippen LogP contribution in [0.1, 0.15) is 16.8 Å². The van der Waals surface area contributed by atoms with Crippen molar-refractivity contribution < 1.29 is 24.6 Å². The molecule has 2 N–H and O–H groups in total. The molecule has 0 amide bonds. The van der Waals surface area contributed by atoms with Crippen LogP contribution in [0.4, 0.5) is 0 Å². The standard InChI is InChI=1S/C11H10O5S/c12-9(13)6-8(10(14)15)17-11(16)7-4-2-1-3-5-7/h1-5,8H,6H2,(H,12,13)(H,14,15). The number of carbonyl (C=O) groups is 3. The van der Waals surface area contributed by atoms with E-state index >= 15 is 0 Å². The van der Waals surface area contributed by atoms with Gasteiger partial charge in [-0.2, -0.15) is 0 Å². The van der Waals surface area contributed by atoms with Crippen LogP contribution in [0.3, 0.4) is 0 Å². The Labute approximate surface area is 101 Å². The van der Waals surface area contributed by atoms with E-state index in [1.807, 2.05) is 0 Å². The van der Waals surface area contributed by atoms with Crippen molar-refractivity contribution in [3.8, 4) is 0 Å². The van der Waals surface area contributed by atoms with Gasteiger partial charge >= 0.3 is 11.9 Å². The first-order valence-corrected chi connectivity index (χ1v) is 5.59. The Hall–Kier alpha value is -1.82. The van der Waals surface area contributed by atoms with Crippen LogP contribution in [0.5, 0.6) is 0 Å². The van der Waals surface area contributed by atoms with Gasteiger partial charge in [0.05, 0.1) is 6.42 Å². The fraction of sp³-hybridized carbons (Fsp3) is 0.182. The molecule has 0 aliphatic rings. The Morgan fingerprint density at radius 1 is 1.12 bits per heavy atom. The molecule has 0 radical (unpaired) electrons. The van der Waals surface area contributed by atoms with Gasteiger partial charge < -0.3 is 10.2 Å². The number of hydrogen-bond acceptors (Lipinski definition) is 4. The van der Waals surface area contributed by atoms with Crippen LogP contribution in [-0.4, -0.2) is 32.5 Å². The van der Waals surface area contributed by atoms with E-state index in [1.54, 1.807) is 30.3 Å². The van der Waals surface area contributed by atoms with E-state index in [-0.39, 0.29) is 0 Å². The maximum absolute atomic E-state index is 11.6. The Morgan fingerprint density at radius 3 is 2.18 bits per heavy atom. The number of carboxylic acids is 2. The molecule has 0 aliphatic heterocycles. The van der Waals surface area contributed by atoms with Crippen molar-refractivity contribution in [2.45, 2.75) is 11.7 Å². The summed E-state index contributed by atoms with van der Waals surface area (Å²) >= 11 is 0.515. The Balaban J connectivity index is 2.71. The van der Waals surface area contributed by atoms with E-state index in [2.05, 4.69) is 0 Å². The Kier molecular flexibility index (Phi) is 4.71. The summed E-state index contributed by atoms with van der Waals surface area (Å²) in [4.78, 5) is 32.9. The van der Waals surface area contributed by atoms with E-state index in [9.17, 15) is 14.4 Å². The van der Waals surface area contributed by atoms with Crippen LogP contribution in [0.2, 0.25) is 0 Å². The van der Waals surface area contributed by atoms with Crippen molar-refractivity contribution in [3.05, 3.63) is 35.9 Å². The number of carbonyl (C=O) groups excluding carboxylic acids is 1. The lowest BCUT2D eigenvalue weighted by molar-refractivity contribution is -0.142. The average Bonchev–Trinajstić information content (AvgIpc) is 2.28. The number of rotatable bonds is 5. The second kappa shape index (κ2) is 6.05. The van der Waals surface area contributed by atoms with E-state index in [0.717, 1.165) is 0 Å². The first-order chi connectivity index (χ1) is 8.00. The monoisotopic (exact) mass is 254 g/mol. The zero-order valence-corrected chi connectivity index (χ0v) is 9.52. The molecule has 0 bridgehead atoms. The van der Waals surface area contributed by atoms with Crippen molar-refractivity contribution >= 4 is 28.8 Å². The normalized spacial score (nSPS) is 11.8. The molecule has 0 saturated carbocycles. The molecule has 0 aromatic heterocycles. The molecule has 1 atom stereocenters. The van der Waals surface area contributed by atoms with Gasteiger partial charge in [0.1, 0.15) is 5.25 Å². The minimum absolute atomic E-state index is 0.356. The summed E-state index contributed by atoms with van der Waals surface area (Å²) in [5.74, 6) is -2.55. The van der Waals surface area contributed by atoms with Crippen molar-refractivity contribution in [2.75, 3.05) is 0 Å². The van der Waals surface area contributed by atoms with Crippen molar-refractivity contribution in [1.29, 1.82) is 0 Å². The zero-order chi connectivity index (χ0) is 12.8. The van der Waals surface area contributed by atoms with E-state index in [1.165, 1.54) is 0 Å². The number of benzene rings is 1. The predicted octanol–water partition coefficient (Wildman–Crippen LogP) is 1.49. The fourth-order valence-electron chi connectivity index (χ4n) is 1.11. The molecule has 6 heteroatoms. The highest BCUT2D eigenvalue weighted by Crippen LogP contribution is 2.20. The number of carboxylic acid groups (broad SMARTS) is 2. The van der Waals surface area contributed by atoms with Crippen molar-refractivity contribution in [3.63, 3.8) is 0 Å². The second-order valence-electron chi connectivity index (χ2n) is 3.20. The molecule has 0 fully saturated rings. The van der Waals surface area contributed by atoms with E-state index in [4.69, 9.17) is 10.2 Å². The summed E-state index contributed by atoms with van der Waals surface area (Å²) in [6.07, 6.45) is -0.585. The minimum atomic E-state index is -1.30. The third-order valence-corrected chi connectivity index (χ3v) is 3.00. The lowest BCUT2D eigenvalue weighted by Gasteiger charge is -2.08. The van der Waals surface area contributed by atoms with Gasteiger partial charge in [-0.15, -0.1) is 0 Å². The summed E-state index contributed by atoms with van der Waals surface area (Å²) in [6.45, 7) is 0. The van der Waals surface area contributed by atoms with Crippen molar-refractivity contribution in [1.82, 2.24) is 0 Å². The topological polar surface area (TPSA) is 91.7 Å². The molecule has 0 saturated heterocycles. The molecule has 17 heavy (non-hydrogen) atoms. The highest BCUT2D eigenvalue weighted by Gasteiger charge is 2.25. The maximum Gasteiger partial charge on any atom is 0.317 e. The van der Waals surface area contributed by atoms with Crippen LogP contribution in [0, 0.1) is 0 Å². The number of aliphatic carboxylic acids is 2. The highest BCUT2D eigenvalue weighted by atomic mass is 32.2. The maximum atomic E-state index is 11.6. The van der Waals surface area contributed by atoms with Gasteiger partial charge in [0.15, 0.2) is 0 Å². The average molecular weight is 254 g/mol. The first kappa shape index (κ1) is 13.2. The van der Waals surface area contributed by atoms with Crippen molar-refractivity contribution in [2.24, 2.45) is 0 Å². The van der Waals surface area contributed by atoms with Gasteiger partial charge in [-0.25, -0.2) is 0 Å². The molecule has 5 nitrogen and oxygen atoms in total.